The molecule has 0 saturated carbocycles. The van der Waals surface area contributed by atoms with Gasteiger partial charge >= 0.3 is 0 Å². The highest BCUT2D eigenvalue weighted by Crippen LogP contribution is 2.26. The van der Waals surface area contributed by atoms with Gasteiger partial charge < -0.3 is 4.90 Å². The van der Waals surface area contributed by atoms with Gasteiger partial charge in [0, 0.05) is 0 Å². The first kappa shape index (κ1) is 14.0. The van der Waals surface area contributed by atoms with Gasteiger partial charge in [-0.25, -0.2) is 8.42 Å². The van der Waals surface area contributed by atoms with Crippen molar-refractivity contribution in [1.29, 1.82) is 0 Å². The third-order valence-electron chi connectivity index (χ3n) is 4.64. The van der Waals surface area contributed by atoms with Crippen molar-refractivity contribution in [2.75, 3.05) is 32.7 Å². The lowest BCUT2D eigenvalue weighted by Crippen LogP contribution is -3.14. The molecule has 0 spiro atoms. The predicted octanol–water partition coefficient (Wildman–Crippen LogP) is 0.0844. The second-order valence-electron chi connectivity index (χ2n) is 5.79. The molecule has 1 aliphatic carbocycles. The summed E-state index contributed by atoms with van der Waals surface area (Å²) in [6.45, 7) is 6.35. The SMILES string of the molecule is CC[NH+]1CCN(S(=O)(=O)c2ccc3c(c2)CCC3)CC1. The van der Waals surface area contributed by atoms with Crippen LogP contribution < -0.4 is 4.90 Å². The molecule has 0 bridgehead atoms. The summed E-state index contributed by atoms with van der Waals surface area (Å²) in [5.74, 6) is 0. The molecule has 1 heterocycles. The van der Waals surface area contributed by atoms with Crippen molar-refractivity contribution in [2.45, 2.75) is 31.1 Å². The molecule has 5 heteroatoms. The van der Waals surface area contributed by atoms with E-state index in [1.54, 1.807) is 10.4 Å². The number of fused-ring (bicyclic) bond motifs is 1. The van der Waals surface area contributed by atoms with Crippen LogP contribution in [0, 0.1) is 0 Å². The van der Waals surface area contributed by atoms with Crippen molar-refractivity contribution in [1.82, 2.24) is 4.31 Å². The van der Waals surface area contributed by atoms with E-state index in [0.29, 0.717) is 18.0 Å². The molecule has 0 atom stereocenters. The molecule has 20 heavy (non-hydrogen) atoms. The number of piperazine rings is 1. The zero-order valence-electron chi connectivity index (χ0n) is 12.1. The lowest BCUT2D eigenvalue weighted by molar-refractivity contribution is -0.901. The van der Waals surface area contributed by atoms with Gasteiger partial charge in [0.2, 0.25) is 10.0 Å². The summed E-state index contributed by atoms with van der Waals surface area (Å²) in [5.41, 5.74) is 2.55. The van der Waals surface area contributed by atoms with Crippen molar-refractivity contribution in [3.05, 3.63) is 29.3 Å². The molecule has 0 amide bonds. The first-order valence-corrected chi connectivity index (χ1v) is 9.01. The van der Waals surface area contributed by atoms with E-state index in [-0.39, 0.29) is 0 Å². The fourth-order valence-corrected chi connectivity index (χ4v) is 4.75. The van der Waals surface area contributed by atoms with Gasteiger partial charge in [-0.15, -0.1) is 0 Å². The quantitative estimate of drug-likeness (QED) is 0.858. The Kier molecular flexibility index (Phi) is 3.84. The second kappa shape index (κ2) is 5.47. The van der Waals surface area contributed by atoms with Gasteiger partial charge in [0.05, 0.1) is 37.6 Å². The predicted molar refractivity (Wildman–Crippen MR) is 78.5 cm³/mol. The minimum absolute atomic E-state index is 0.484. The summed E-state index contributed by atoms with van der Waals surface area (Å²) in [6, 6.07) is 5.69. The molecule has 2 aliphatic rings. The Morgan fingerprint density at radius 2 is 1.85 bits per heavy atom. The van der Waals surface area contributed by atoms with Gasteiger partial charge in [-0.2, -0.15) is 4.31 Å². The summed E-state index contributed by atoms with van der Waals surface area (Å²) in [7, 11) is -3.30. The van der Waals surface area contributed by atoms with E-state index in [0.717, 1.165) is 38.9 Å². The normalized spacial score (nSPS) is 21.1. The van der Waals surface area contributed by atoms with Crippen molar-refractivity contribution < 1.29 is 13.3 Å². The summed E-state index contributed by atoms with van der Waals surface area (Å²) >= 11 is 0. The molecule has 1 aliphatic heterocycles. The molecule has 1 N–H and O–H groups in total. The van der Waals surface area contributed by atoms with Crippen molar-refractivity contribution >= 4 is 10.0 Å². The van der Waals surface area contributed by atoms with Crippen LogP contribution in [0.1, 0.15) is 24.5 Å². The zero-order chi connectivity index (χ0) is 14.2. The Morgan fingerprint density at radius 1 is 1.15 bits per heavy atom. The molecule has 1 fully saturated rings. The van der Waals surface area contributed by atoms with E-state index in [1.807, 2.05) is 12.1 Å². The van der Waals surface area contributed by atoms with Crippen LogP contribution in [-0.2, 0) is 22.9 Å². The summed E-state index contributed by atoms with van der Waals surface area (Å²) in [4.78, 5) is 1.98. The van der Waals surface area contributed by atoms with Crippen molar-refractivity contribution in [3.63, 3.8) is 0 Å². The second-order valence-corrected chi connectivity index (χ2v) is 7.73. The molecule has 0 aromatic heterocycles. The van der Waals surface area contributed by atoms with Crippen LogP contribution >= 0.6 is 0 Å². The fraction of sp³-hybridized carbons (Fsp3) is 0.600. The molecule has 4 nitrogen and oxygen atoms in total. The largest absolute Gasteiger partial charge is 0.333 e. The topological polar surface area (TPSA) is 41.8 Å². The number of nitrogens with zero attached hydrogens (tertiary/aromatic N) is 1. The van der Waals surface area contributed by atoms with Gasteiger partial charge in [0.15, 0.2) is 0 Å². The average Bonchev–Trinajstić information content (AvgIpc) is 2.94. The van der Waals surface area contributed by atoms with Gasteiger partial charge in [-0.1, -0.05) is 6.07 Å². The smallest absolute Gasteiger partial charge is 0.243 e. The maximum absolute atomic E-state index is 12.7. The number of nitrogens with one attached hydrogen (secondary N) is 1. The zero-order valence-corrected chi connectivity index (χ0v) is 12.9. The van der Waals surface area contributed by atoms with Crippen LogP contribution in [0.3, 0.4) is 0 Å². The molecular formula is C15H23N2O2S+. The third-order valence-corrected chi connectivity index (χ3v) is 6.53. The van der Waals surface area contributed by atoms with Crippen molar-refractivity contribution in [3.8, 4) is 0 Å². The molecular weight excluding hydrogens is 272 g/mol. The number of rotatable bonds is 3. The van der Waals surface area contributed by atoms with Gasteiger partial charge in [-0.3, -0.25) is 0 Å². The highest BCUT2D eigenvalue weighted by atomic mass is 32.2. The third kappa shape index (κ3) is 2.50. The van der Waals surface area contributed by atoms with Crippen LogP contribution in [0.25, 0.3) is 0 Å². The fourth-order valence-electron chi connectivity index (χ4n) is 3.25. The van der Waals surface area contributed by atoms with Crippen LogP contribution in [0.4, 0.5) is 0 Å². The number of aryl methyl sites for hydroxylation is 2. The van der Waals surface area contributed by atoms with Gasteiger partial charge in [0.25, 0.3) is 0 Å². The lowest BCUT2D eigenvalue weighted by atomic mass is 10.1. The Balaban J connectivity index is 1.82. The Bertz CT molecular complexity index is 590. The standard InChI is InChI=1S/C15H22N2O2S/c1-2-16-8-10-17(11-9-16)20(18,19)15-7-6-13-4-3-5-14(13)12-15/h6-7,12H,2-5,8-11H2,1H3/p+1. The van der Waals surface area contributed by atoms with Crippen LogP contribution in [-0.4, -0.2) is 45.4 Å². The maximum Gasteiger partial charge on any atom is 0.243 e. The van der Waals surface area contributed by atoms with Crippen LogP contribution in [0.2, 0.25) is 0 Å². The molecule has 1 saturated heterocycles. The molecule has 1 aromatic carbocycles. The Hall–Kier alpha value is -0.910. The summed E-state index contributed by atoms with van der Waals surface area (Å²) < 4.78 is 27.1. The summed E-state index contributed by atoms with van der Waals surface area (Å²) in [5, 5.41) is 0. The molecule has 0 unspecified atom stereocenters. The number of hydrogen-bond acceptors (Lipinski definition) is 2. The molecule has 1 aromatic rings. The van der Waals surface area contributed by atoms with Crippen LogP contribution in [0.5, 0.6) is 0 Å². The van der Waals surface area contributed by atoms with Gasteiger partial charge in [-0.05, 0) is 49.4 Å². The molecule has 3 rings (SSSR count). The Morgan fingerprint density at radius 3 is 2.55 bits per heavy atom. The number of quaternary nitrogens is 1. The van der Waals surface area contributed by atoms with E-state index in [9.17, 15) is 8.42 Å². The number of sulfonamides is 1. The Labute approximate surface area is 121 Å². The average molecular weight is 295 g/mol. The van der Waals surface area contributed by atoms with Gasteiger partial charge in [0.1, 0.15) is 0 Å². The number of likely N-dealkylation sites (N-methyl/N-ethyl adjacent to an activating group) is 1. The van der Waals surface area contributed by atoms with E-state index >= 15 is 0 Å². The van der Waals surface area contributed by atoms with E-state index < -0.39 is 10.0 Å². The van der Waals surface area contributed by atoms with Crippen molar-refractivity contribution in [2.24, 2.45) is 0 Å². The maximum atomic E-state index is 12.7. The van der Waals surface area contributed by atoms with Crippen LogP contribution in [0.15, 0.2) is 23.1 Å². The molecule has 0 radical (unpaired) electrons. The van der Waals surface area contributed by atoms with E-state index in [4.69, 9.17) is 0 Å². The molecule has 110 valence electrons. The first-order valence-electron chi connectivity index (χ1n) is 7.57. The minimum atomic E-state index is -3.30. The number of benzene rings is 1. The first-order chi connectivity index (χ1) is 9.61. The highest BCUT2D eigenvalue weighted by molar-refractivity contribution is 7.89. The summed E-state index contributed by atoms with van der Waals surface area (Å²) in [6.07, 6.45) is 3.26. The minimum Gasteiger partial charge on any atom is -0.333 e. The lowest BCUT2D eigenvalue weighted by Gasteiger charge is -2.30. The monoisotopic (exact) mass is 295 g/mol. The van der Waals surface area contributed by atoms with E-state index in [1.165, 1.54) is 16.0 Å². The highest BCUT2D eigenvalue weighted by Gasteiger charge is 2.30. The van der Waals surface area contributed by atoms with E-state index in [2.05, 4.69) is 6.92 Å². The number of hydrogen-bond donors (Lipinski definition) is 1.